The van der Waals surface area contributed by atoms with Crippen LogP contribution in [0, 0.1) is 0 Å². The summed E-state index contributed by atoms with van der Waals surface area (Å²) in [4.78, 5) is 2.44. The Kier molecular flexibility index (Phi) is 1.64. The van der Waals surface area contributed by atoms with E-state index in [2.05, 4.69) is 4.90 Å². The standard InChI is InChI=1S/C7H14N2O/c8-1-2-9-4-7-3-6(9)5-10-7/h6-7H,1-5,8H2. The molecule has 2 bridgehead atoms. The first-order valence-electron chi connectivity index (χ1n) is 3.96. The van der Waals surface area contributed by atoms with E-state index < -0.39 is 0 Å². The monoisotopic (exact) mass is 142 g/mol. The molecule has 0 aliphatic carbocycles. The molecule has 2 fully saturated rings. The van der Waals surface area contributed by atoms with Crippen LogP contribution in [0.1, 0.15) is 6.42 Å². The van der Waals surface area contributed by atoms with Crippen LogP contribution in [-0.4, -0.2) is 43.3 Å². The van der Waals surface area contributed by atoms with Gasteiger partial charge in [0, 0.05) is 25.7 Å². The van der Waals surface area contributed by atoms with E-state index in [0.717, 1.165) is 26.2 Å². The fourth-order valence-corrected chi connectivity index (χ4v) is 1.92. The minimum Gasteiger partial charge on any atom is -0.375 e. The third-order valence-electron chi connectivity index (χ3n) is 2.43. The summed E-state index contributed by atoms with van der Waals surface area (Å²) in [5, 5.41) is 0. The van der Waals surface area contributed by atoms with Crippen molar-refractivity contribution < 1.29 is 4.74 Å². The molecule has 2 aliphatic heterocycles. The summed E-state index contributed by atoms with van der Waals surface area (Å²) in [5.74, 6) is 0. The van der Waals surface area contributed by atoms with Crippen molar-refractivity contribution in [2.75, 3.05) is 26.2 Å². The van der Waals surface area contributed by atoms with E-state index in [1.165, 1.54) is 6.42 Å². The number of fused-ring (bicyclic) bond motifs is 2. The molecule has 3 nitrogen and oxygen atoms in total. The lowest BCUT2D eigenvalue weighted by atomic mass is 10.2. The summed E-state index contributed by atoms with van der Waals surface area (Å²) in [7, 11) is 0. The van der Waals surface area contributed by atoms with E-state index in [0.29, 0.717) is 12.1 Å². The number of hydrogen-bond acceptors (Lipinski definition) is 3. The quantitative estimate of drug-likeness (QED) is 0.560. The average molecular weight is 142 g/mol. The maximum absolute atomic E-state index is 5.46. The predicted molar refractivity (Wildman–Crippen MR) is 38.8 cm³/mol. The molecule has 0 radical (unpaired) electrons. The van der Waals surface area contributed by atoms with Crippen LogP contribution in [0.15, 0.2) is 0 Å². The van der Waals surface area contributed by atoms with Crippen LogP contribution in [0.5, 0.6) is 0 Å². The molecule has 2 heterocycles. The molecule has 0 aromatic carbocycles. The molecule has 0 aromatic rings. The zero-order valence-electron chi connectivity index (χ0n) is 6.12. The van der Waals surface area contributed by atoms with Gasteiger partial charge < -0.3 is 10.5 Å². The maximum atomic E-state index is 5.46. The van der Waals surface area contributed by atoms with Gasteiger partial charge in [0.25, 0.3) is 0 Å². The highest BCUT2D eigenvalue weighted by Crippen LogP contribution is 2.26. The lowest BCUT2D eigenvalue weighted by molar-refractivity contribution is 0.0320. The summed E-state index contributed by atoms with van der Waals surface area (Å²) in [6.45, 7) is 3.88. The molecule has 2 aliphatic rings. The first-order valence-corrected chi connectivity index (χ1v) is 3.96. The highest BCUT2D eigenvalue weighted by molar-refractivity contribution is 4.91. The lowest BCUT2D eigenvalue weighted by Gasteiger charge is -2.25. The molecule has 3 heteroatoms. The van der Waals surface area contributed by atoms with Crippen molar-refractivity contribution in [2.24, 2.45) is 5.73 Å². The highest BCUT2D eigenvalue weighted by Gasteiger charge is 2.37. The molecule has 2 N–H and O–H groups in total. The van der Waals surface area contributed by atoms with Gasteiger partial charge in [0.15, 0.2) is 0 Å². The molecule has 2 unspecified atom stereocenters. The summed E-state index contributed by atoms with van der Waals surface area (Å²) in [6.07, 6.45) is 1.76. The smallest absolute Gasteiger partial charge is 0.0718 e. The van der Waals surface area contributed by atoms with E-state index in [9.17, 15) is 0 Å². The third kappa shape index (κ3) is 0.944. The van der Waals surface area contributed by atoms with Gasteiger partial charge in [-0.15, -0.1) is 0 Å². The van der Waals surface area contributed by atoms with E-state index in [-0.39, 0.29) is 0 Å². The van der Waals surface area contributed by atoms with Crippen LogP contribution < -0.4 is 5.73 Å². The summed E-state index contributed by atoms with van der Waals surface area (Å²) < 4.78 is 5.45. The van der Waals surface area contributed by atoms with E-state index in [1.54, 1.807) is 0 Å². The molecule has 2 saturated heterocycles. The fourth-order valence-electron chi connectivity index (χ4n) is 1.92. The van der Waals surface area contributed by atoms with Crippen LogP contribution in [0.2, 0.25) is 0 Å². The third-order valence-corrected chi connectivity index (χ3v) is 2.43. The van der Waals surface area contributed by atoms with Crippen molar-refractivity contribution in [1.82, 2.24) is 4.90 Å². The SMILES string of the molecule is NCCN1CC2CC1CO2. The molecule has 58 valence electrons. The van der Waals surface area contributed by atoms with Crippen LogP contribution in [0.25, 0.3) is 0 Å². The molecular formula is C7H14N2O. The van der Waals surface area contributed by atoms with Gasteiger partial charge in [-0.3, -0.25) is 4.90 Å². The van der Waals surface area contributed by atoms with Crippen LogP contribution in [0.4, 0.5) is 0 Å². The van der Waals surface area contributed by atoms with Crippen molar-refractivity contribution in [1.29, 1.82) is 0 Å². The average Bonchev–Trinajstić information content (AvgIpc) is 2.48. The van der Waals surface area contributed by atoms with Gasteiger partial charge in [-0.25, -0.2) is 0 Å². The Labute approximate surface area is 61.1 Å². The van der Waals surface area contributed by atoms with Crippen LogP contribution >= 0.6 is 0 Å². The molecular weight excluding hydrogens is 128 g/mol. The Morgan fingerprint density at radius 3 is 3.00 bits per heavy atom. The number of likely N-dealkylation sites (tertiary alicyclic amines) is 1. The summed E-state index contributed by atoms with van der Waals surface area (Å²) in [6, 6.07) is 0.688. The number of rotatable bonds is 2. The van der Waals surface area contributed by atoms with Crippen molar-refractivity contribution >= 4 is 0 Å². The molecule has 0 amide bonds. The minimum absolute atomic E-state index is 0.525. The van der Waals surface area contributed by atoms with Crippen molar-refractivity contribution in [2.45, 2.75) is 18.6 Å². The van der Waals surface area contributed by atoms with Gasteiger partial charge in [0.1, 0.15) is 0 Å². The molecule has 0 saturated carbocycles. The van der Waals surface area contributed by atoms with Crippen molar-refractivity contribution in [3.8, 4) is 0 Å². The Morgan fingerprint density at radius 2 is 2.50 bits per heavy atom. The topological polar surface area (TPSA) is 38.5 Å². The lowest BCUT2D eigenvalue weighted by Crippen LogP contribution is -2.39. The van der Waals surface area contributed by atoms with Crippen LogP contribution in [0.3, 0.4) is 0 Å². The number of nitrogens with zero attached hydrogens (tertiary/aromatic N) is 1. The molecule has 2 atom stereocenters. The Morgan fingerprint density at radius 1 is 1.60 bits per heavy atom. The zero-order chi connectivity index (χ0) is 6.97. The number of hydrogen-bond donors (Lipinski definition) is 1. The van der Waals surface area contributed by atoms with Gasteiger partial charge >= 0.3 is 0 Å². The minimum atomic E-state index is 0.525. The summed E-state index contributed by atoms with van der Waals surface area (Å²) in [5.41, 5.74) is 5.46. The van der Waals surface area contributed by atoms with Gasteiger partial charge in [-0.1, -0.05) is 0 Å². The van der Waals surface area contributed by atoms with Gasteiger partial charge in [-0.2, -0.15) is 0 Å². The van der Waals surface area contributed by atoms with E-state index in [1.807, 2.05) is 0 Å². The molecule has 0 aromatic heterocycles. The highest BCUT2D eigenvalue weighted by atomic mass is 16.5. The second kappa shape index (κ2) is 2.49. The number of morpholine rings is 1. The molecule has 0 spiro atoms. The number of ether oxygens (including phenoxy) is 1. The van der Waals surface area contributed by atoms with Gasteiger partial charge in [0.05, 0.1) is 12.7 Å². The maximum Gasteiger partial charge on any atom is 0.0718 e. The molecule has 10 heavy (non-hydrogen) atoms. The van der Waals surface area contributed by atoms with Crippen LogP contribution in [-0.2, 0) is 4.74 Å². The first-order chi connectivity index (χ1) is 4.90. The summed E-state index contributed by atoms with van der Waals surface area (Å²) >= 11 is 0. The van der Waals surface area contributed by atoms with Crippen molar-refractivity contribution in [3.63, 3.8) is 0 Å². The Balaban J connectivity index is 1.90. The Hall–Kier alpha value is -0.120. The largest absolute Gasteiger partial charge is 0.375 e. The van der Waals surface area contributed by atoms with Gasteiger partial charge in [0.2, 0.25) is 0 Å². The number of nitrogens with two attached hydrogens (primary N) is 1. The van der Waals surface area contributed by atoms with Gasteiger partial charge in [-0.05, 0) is 6.42 Å². The molecule has 2 rings (SSSR count). The van der Waals surface area contributed by atoms with Crippen molar-refractivity contribution in [3.05, 3.63) is 0 Å². The Bertz CT molecular complexity index is 129. The van der Waals surface area contributed by atoms with E-state index in [4.69, 9.17) is 10.5 Å². The normalized spacial score (nSPS) is 39.3. The zero-order valence-corrected chi connectivity index (χ0v) is 6.12. The predicted octanol–water partition coefficient (Wildman–Crippen LogP) is -0.582. The second-order valence-electron chi connectivity index (χ2n) is 3.13. The second-order valence-corrected chi connectivity index (χ2v) is 3.13. The fraction of sp³-hybridized carbons (Fsp3) is 1.00. The first kappa shape index (κ1) is 6.58. The van der Waals surface area contributed by atoms with E-state index >= 15 is 0 Å².